The standard InChI is InChI=1S/C16H18N4O2/c1-3-7-11-12-13(20(2)19-11)16(22)18-15(17-12)14(21)10-8-5-4-6-9-10/h4-6,8-9,14,21H,3,7H2,1-2H3,(H,17,18,22). The van der Waals surface area contributed by atoms with E-state index in [9.17, 15) is 9.90 Å². The van der Waals surface area contributed by atoms with Crippen molar-refractivity contribution in [3.05, 3.63) is 57.8 Å². The summed E-state index contributed by atoms with van der Waals surface area (Å²) in [6, 6.07) is 9.13. The molecule has 0 saturated heterocycles. The van der Waals surface area contributed by atoms with Crippen molar-refractivity contribution in [2.75, 3.05) is 0 Å². The molecule has 0 saturated carbocycles. The molecule has 3 aromatic rings. The summed E-state index contributed by atoms with van der Waals surface area (Å²) in [4.78, 5) is 19.4. The highest BCUT2D eigenvalue weighted by atomic mass is 16.3. The molecule has 2 aromatic heterocycles. The van der Waals surface area contributed by atoms with E-state index in [1.807, 2.05) is 25.1 Å². The third-order valence-electron chi connectivity index (χ3n) is 3.64. The minimum Gasteiger partial charge on any atom is -0.380 e. The maximum atomic E-state index is 12.3. The molecule has 0 radical (unpaired) electrons. The first kappa shape index (κ1) is 14.5. The van der Waals surface area contributed by atoms with Crippen molar-refractivity contribution >= 4 is 11.0 Å². The Morgan fingerprint density at radius 3 is 2.73 bits per heavy atom. The zero-order chi connectivity index (χ0) is 15.7. The Labute approximate surface area is 127 Å². The van der Waals surface area contributed by atoms with Gasteiger partial charge in [-0.2, -0.15) is 5.10 Å². The number of nitrogens with zero attached hydrogens (tertiary/aromatic N) is 3. The monoisotopic (exact) mass is 298 g/mol. The first-order valence-corrected chi connectivity index (χ1v) is 7.30. The average Bonchev–Trinajstić information content (AvgIpc) is 2.84. The highest BCUT2D eigenvalue weighted by Crippen LogP contribution is 2.20. The Morgan fingerprint density at radius 2 is 2.05 bits per heavy atom. The summed E-state index contributed by atoms with van der Waals surface area (Å²) in [5.41, 5.74) is 2.19. The molecule has 1 atom stereocenters. The van der Waals surface area contributed by atoms with Gasteiger partial charge < -0.3 is 10.1 Å². The van der Waals surface area contributed by atoms with Crippen LogP contribution in [-0.4, -0.2) is 24.9 Å². The minimum absolute atomic E-state index is 0.244. The number of nitrogens with one attached hydrogen (secondary N) is 1. The number of H-pyrrole nitrogens is 1. The van der Waals surface area contributed by atoms with Crippen LogP contribution in [0.3, 0.4) is 0 Å². The maximum Gasteiger partial charge on any atom is 0.277 e. The SMILES string of the molecule is CCCc1nn(C)c2c(=O)[nH]c(C(O)c3ccccc3)nc12. The quantitative estimate of drug-likeness (QED) is 0.767. The van der Waals surface area contributed by atoms with Crippen molar-refractivity contribution in [1.82, 2.24) is 19.7 Å². The third kappa shape index (κ3) is 2.42. The molecule has 3 rings (SSSR count). The highest BCUT2D eigenvalue weighted by molar-refractivity contribution is 5.76. The molecule has 0 aliphatic rings. The molecule has 2 heterocycles. The van der Waals surface area contributed by atoms with Gasteiger partial charge in [0.25, 0.3) is 5.56 Å². The van der Waals surface area contributed by atoms with Crippen LogP contribution in [0.15, 0.2) is 35.1 Å². The third-order valence-corrected chi connectivity index (χ3v) is 3.64. The van der Waals surface area contributed by atoms with Gasteiger partial charge in [-0.1, -0.05) is 43.7 Å². The van der Waals surface area contributed by atoms with Gasteiger partial charge in [0.15, 0.2) is 5.52 Å². The minimum atomic E-state index is -0.965. The van der Waals surface area contributed by atoms with Crippen LogP contribution in [-0.2, 0) is 13.5 Å². The van der Waals surface area contributed by atoms with Gasteiger partial charge in [0, 0.05) is 7.05 Å². The van der Waals surface area contributed by atoms with E-state index in [0.717, 1.165) is 18.5 Å². The van der Waals surface area contributed by atoms with Gasteiger partial charge in [0.1, 0.15) is 17.4 Å². The Bertz CT molecular complexity index is 852. The predicted molar refractivity (Wildman–Crippen MR) is 83.6 cm³/mol. The van der Waals surface area contributed by atoms with Crippen LogP contribution in [0.4, 0.5) is 0 Å². The predicted octanol–water partition coefficient (Wildman–Crippen LogP) is 1.69. The maximum absolute atomic E-state index is 12.3. The Hall–Kier alpha value is -2.47. The molecule has 2 N–H and O–H groups in total. The van der Waals surface area contributed by atoms with E-state index in [-0.39, 0.29) is 11.4 Å². The summed E-state index contributed by atoms with van der Waals surface area (Å²) in [7, 11) is 1.73. The molecular weight excluding hydrogens is 280 g/mol. The van der Waals surface area contributed by atoms with E-state index < -0.39 is 6.10 Å². The van der Waals surface area contributed by atoms with Gasteiger partial charge in [0.05, 0.1) is 5.69 Å². The lowest BCUT2D eigenvalue weighted by molar-refractivity contribution is 0.210. The lowest BCUT2D eigenvalue weighted by Gasteiger charge is -2.10. The van der Waals surface area contributed by atoms with Gasteiger partial charge in [-0.05, 0) is 12.0 Å². The fourth-order valence-corrected chi connectivity index (χ4v) is 2.59. The number of aliphatic hydroxyl groups is 1. The summed E-state index contributed by atoms with van der Waals surface area (Å²) in [5, 5.41) is 14.8. The summed E-state index contributed by atoms with van der Waals surface area (Å²) in [5.74, 6) is 0.244. The molecule has 0 amide bonds. The van der Waals surface area contributed by atoms with E-state index >= 15 is 0 Å². The largest absolute Gasteiger partial charge is 0.380 e. The van der Waals surface area contributed by atoms with Crippen LogP contribution < -0.4 is 5.56 Å². The number of benzene rings is 1. The molecule has 6 nitrogen and oxygen atoms in total. The van der Waals surface area contributed by atoms with E-state index in [0.29, 0.717) is 16.6 Å². The van der Waals surface area contributed by atoms with Gasteiger partial charge >= 0.3 is 0 Å². The van der Waals surface area contributed by atoms with E-state index in [1.54, 1.807) is 23.9 Å². The second-order valence-corrected chi connectivity index (χ2v) is 5.28. The first-order chi connectivity index (χ1) is 10.6. The van der Waals surface area contributed by atoms with Crippen molar-refractivity contribution in [1.29, 1.82) is 0 Å². The average molecular weight is 298 g/mol. The van der Waals surface area contributed by atoms with E-state index in [4.69, 9.17) is 0 Å². The van der Waals surface area contributed by atoms with Gasteiger partial charge in [-0.25, -0.2) is 4.98 Å². The fraction of sp³-hybridized carbons (Fsp3) is 0.312. The zero-order valence-corrected chi connectivity index (χ0v) is 12.6. The Balaban J connectivity index is 2.16. The number of aryl methyl sites for hydroxylation is 2. The molecule has 114 valence electrons. The zero-order valence-electron chi connectivity index (χ0n) is 12.6. The lowest BCUT2D eigenvalue weighted by atomic mass is 10.1. The van der Waals surface area contributed by atoms with Crippen LogP contribution >= 0.6 is 0 Å². The van der Waals surface area contributed by atoms with Crippen molar-refractivity contribution in [3.8, 4) is 0 Å². The Morgan fingerprint density at radius 1 is 1.32 bits per heavy atom. The van der Waals surface area contributed by atoms with Crippen LogP contribution in [0.25, 0.3) is 11.0 Å². The molecule has 0 fully saturated rings. The fourth-order valence-electron chi connectivity index (χ4n) is 2.59. The van der Waals surface area contributed by atoms with Crippen LogP contribution in [0, 0.1) is 0 Å². The van der Waals surface area contributed by atoms with Gasteiger partial charge in [0.2, 0.25) is 0 Å². The molecule has 1 unspecified atom stereocenters. The number of aromatic nitrogens is 4. The highest BCUT2D eigenvalue weighted by Gasteiger charge is 2.18. The number of fused-ring (bicyclic) bond motifs is 1. The van der Waals surface area contributed by atoms with Gasteiger partial charge in [-0.15, -0.1) is 0 Å². The molecule has 0 aliphatic carbocycles. The lowest BCUT2D eigenvalue weighted by Crippen LogP contribution is -2.17. The number of aliphatic hydroxyl groups excluding tert-OH is 1. The molecule has 22 heavy (non-hydrogen) atoms. The molecule has 1 aromatic carbocycles. The summed E-state index contributed by atoms with van der Waals surface area (Å²) in [6.07, 6.45) is 0.694. The smallest absolute Gasteiger partial charge is 0.277 e. The first-order valence-electron chi connectivity index (χ1n) is 7.30. The number of rotatable bonds is 4. The van der Waals surface area contributed by atoms with Crippen molar-refractivity contribution in [2.45, 2.75) is 25.9 Å². The second-order valence-electron chi connectivity index (χ2n) is 5.28. The van der Waals surface area contributed by atoms with Crippen molar-refractivity contribution in [3.63, 3.8) is 0 Å². The van der Waals surface area contributed by atoms with Crippen LogP contribution in [0.2, 0.25) is 0 Å². The summed E-state index contributed by atoms with van der Waals surface area (Å²) < 4.78 is 1.55. The molecule has 6 heteroatoms. The Kier molecular flexibility index (Phi) is 3.77. The molecule has 0 bridgehead atoms. The molecular formula is C16H18N4O2. The van der Waals surface area contributed by atoms with E-state index in [1.165, 1.54) is 0 Å². The van der Waals surface area contributed by atoms with Crippen molar-refractivity contribution < 1.29 is 5.11 Å². The van der Waals surface area contributed by atoms with Crippen molar-refractivity contribution in [2.24, 2.45) is 7.05 Å². The van der Waals surface area contributed by atoms with Crippen LogP contribution in [0.5, 0.6) is 0 Å². The van der Waals surface area contributed by atoms with Crippen LogP contribution in [0.1, 0.15) is 36.5 Å². The molecule has 0 aliphatic heterocycles. The number of aromatic amines is 1. The number of hydrogen-bond acceptors (Lipinski definition) is 4. The second kappa shape index (κ2) is 5.73. The summed E-state index contributed by atoms with van der Waals surface area (Å²) in [6.45, 7) is 2.05. The normalized spacial score (nSPS) is 12.7. The van der Waals surface area contributed by atoms with Gasteiger partial charge in [-0.3, -0.25) is 9.48 Å². The summed E-state index contributed by atoms with van der Waals surface area (Å²) >= 11 is 0. The topological polar surface area (TPSA) is 83.8 Å². The molecule has 0 spiro atoms. The number of hydrogen-bond donors (Lipinski definition) is 2. The van der Waals surface area contributed by atoms with E-state index in [2.05, 4.69) is 15.1 Å².